The van der Waals surface area contributed by atoms with Gasteiger partial charge in [-0.05, 0) is 31.9 Å². The van der Waals surface area contributed by atoms with E-state index in [1.165, 1.54) is 6.07 Å². The fourth-order valence-corrected chi connectivity index (χ4v) is 2.34. The van der Waals surface area contributed by atoms with Gasteiger partial charge in [-0.25, -0.2) is 14.1 Å². The van der Waals surface area contributed by atoms with Gasteiger partial charge in [-0.1, -0.05) is 12.1 Å². The van der Waals surface area contributed by atoms with Crippen molar-refractivity contribution in [2.45, 2.75) is 31.8 Å². The quantitative estimate of drug-likeness (QED) is 0.840. The Morgan fingerprint density at radius 1 is 1.33 bits per heavy atom. The van der Waals surface area contributed by atoms with Gasteiger partial charge in [0.2, 0.25) is 0 Å². The number of halogens is 1. The van der Waals surface area contributed by atoms with E-state index in [4.69, 9.17) is 5.73 Å². The van der Waals surface area contributed by atoms with Crippen LogP contribution in [0, 0.1) is 5.82 Å². The van der Waals surface area contributed by atoms with Crippen LogP contribution in [0.4, 0.5) is 4.39 Å². The van der Waals surface area contributed by atoms with Crippen LogP contribution in [0.25, 0.3) is 11.4 Å². The highest BCUT2D eigenvalue weighted by Gasteiger charge is 2.26. The summed E-state index contributed by atoms with van der Waals surface area (Å²) in [5, 5.41) is 4.40. The molecule has 0 spiro atoms. The molecule has 1 aromatic carbocycles. The van der Waals surface area contributed by atoms with E-state index in [1.807, 2.05) is 4.68 Å². The molecule has 18 heavy (non-hydrogen) atoms. The Morgan fingerprint density at radius 3 is 2.83 bits per heavy atom. The first-order valence-corrected chi connectivity index (χ1v) is 6.13. The lowest BCUT2D eigenvalue weighted by atomic mass is 10.0. The van der Waals surface area contributed by atoms with Crippen molar-refractivity contribution in [3.8, 4) is 11.4 Å². The normalized spacial score (nSPS) is 22.8. The average molecular weight is 246 g/mol. The molecule has 0 radical (unpaired) electrons. The van der Waals surface area contributed by atoms with E-state index in [1.54, 1.807) is 18.2 Å². The number of aromatic nitrogens is 3. The highest BCUT2D eigenvalue weighted by Crippen LogP contribution is 2.30. The largest absolute Gasteiger partial charge is 0.321 e. The Labute approximate surface area is 105 Å². The van der Waals surface area contributed by atoms with Crippen molar-refractivity contribution < 1.29 is 4.39 Å². The minimum absolute atomic E-state index is 0.103. The Bertz CT molecular complexity index is 551. The zero-order valence-electron chi connectivity index (χ0n) is 10.2. The molecule has 0 saturated heterocycles. The summed E-state index contributed by atoms with van der Waals surface area (Å²) in [7, 11) is 0. The van der Waals surface area contributed by atoms with Gasteiger partial charge < -0.3 is 5.73 Å². The maximum absolute atomic E-state index is 13.7. The summed E-state index contributed by atoms with van der Waals surface area (Å²) in [6.07, 6.45) is 1.88. The Kier molecular flexibility index (Phi) is 2.63. The molecular formula is C13H15FN4. The summed E-state index contributed by atoms with van der Waals surface area (Å²) in [4.78, 5) is 4.40. The number of rotatable bonds is 1. The molecule has 2 atom stereocenters. The van der Waals surface area contributed by atoms with Crippen molar-refractivity contribution in [1.82, 2.24) is 14.8 Å². The summed E-state index contributed by atoms with van der Waals surface area (Å²) in [5.41, 5.74) is 6.45. The number of fused-ring (bicyclic) bond motifs is 1. The first kappa shape index (κ1) is 11.3. The first-order chi connectivity index (χ1) is 8.66. The van der Waals surface area contributed by atoms with Crippen molar-refractivity contribution in [3.05, 3.63) is 35.9 Å². The maximum Gasteiger partial charge on any atom is 0.184 e. The third kappa shape index (κ3) is 1.71. The van der Waals surface area contributed by atoms with Crippen LogP contribution < -0.4 is 5.73 Å². The van der Waals surface area contributed by atoms with E-state index in [-0.39, 0.29) is 17.9 Å². The van der Waals surface area contributed by atoms with E-state index in [0.717, 1.165) is 18.7 Å². The molecule has 3 rings (SSSR count). The lowest BCUT2D eigenvalue weighted by Crippen LogP contribution is -2.25. The average Bonchev–Trinajstić information content (AvgIpc) is 2.80. The molecule has 2 aromatic rings. The predicted octanol–water partition coefficient (Wildman–Crippen LogP) is 2.44. The fraction of sp³-hybridized carbons (Fsp3) is 0.385. The van der Waals surface area contributed by atoms with Crippen LogP contribution in [0.2, 0.25) is 0 Å². The van der Waals surface area contributed by atoms with Gasteiger partial charge in [-0.3, -0.25) is 0 Å². The zero-order valence-corrected chi connectivity index (χ0v) is 10.2. The molecule has 0 bridgehead atoms. The molecule has 1 aliphatic heterocycles. The van der Waals surface area contributed by atoms with E-state index in [9.17, 15) is 4.39 Å². The number of benzene rings is 1. The summed E-state index contributed by atoms with van der Waals surface area (Å²) >= 11 is 0. The number of nitrogens with two attached hydrogens (primary N) is 1. The Hall–Kier alpha value is -1.75. The first-order valence-electron chi connectivity index (χ1n) is 6.13. The Morgan fingerprint density at radius 2 is 2.11 bits per heavy atom. The molecule has 2 heterocycles. The van der Waals surface area contributed by atoms with Gasteiger partial charge >= 0.3 is 0 Å². The van der Waals surface area contributed by atoms with Crippen LogP contribution in [0.3, 0.4) is 0 Å². The van der Waals surface area contributed by atoms with Gasteiger partial charge in [-0.15, -0.1) is 0 Å². The zero-order chi connectivity index (χ0) is 12.7. The molecule has 0 aliphatic carbocycles. The molecule has 1 aliphatic rings. The molecule has 0 amide bonds. The SMILES string of the molecule is CC1CCC(N)c2nc(-c3ccccc3F)nn21. The summed E-state index contributed by atoms with van der Waals surface area (Å²) < 4.78 is 15.5. The summed E-state index contributed by atoms with van der Waals surface area (Å²) in [5.74, 6) is 0.876. The number of hydrogen-bond donors (Lipinski definition) is 1. The van der Waals surface area contributed by atoms with Crippen molar-refractivity contribution in [3.63, 3.8) is 0 Å². The standard InChI is InChI=1S/C13H15FN4/c1-8-6-7-11(15)13-16-12(17-18(8)13)9-4-2-3-5-10(9)14/h2-5,8,11H,6-7,15H2,1H3. The van der Waals surface area contributed by atoms with Gasteiger partial charge in [0, 0.05) is 0 Å². The predicted molar refractivity (Wildman–Crippen MR) is 66.3 cm³/mol. The molecule has 4 nitrogen and oxygen atoms in total. The molecule has 1 aromatic heterocycles. The minimum atomic E-state index is -0.304. The van der Waals surface area contributed by atoms with Crippen molar-refractivity contribution in [2.24, 2.45) is 5.73 Å². The van der Waals surface area contributed by atoms with E-state index in [2.05, 4.69) is 17.0 Å². The second kappa shape index (κ2) is 4.17. The fourth-order valence-electron chi connectivity index (χ4n) is 2.34. The number of hydrogen-bond acceptors (Lipinski definition) is 3. The van der Waals surface area contributed by atoms with Crippen molar-refractivity contribution in [1.29, 1.82) is 0 Å². The van der Waals surface area contributed by atoms with Crippen LogP contribution >= 0.6 is 0 Å². The van der Waals surface area contributed by atoms with E-state index >= 15 is 0 Å². The van der Waals surface area contributed by atoms with Crippen molar-refractivity contribution >= 4 is 0 Å². The van der Waals surface area contributed by atoms with Gasteiger partial charge in [0.05, 0.1) is 17.6 Å². The molecule has 2 unspecified atom stereocenters. The van der Waals surface area contributed by atoms with Crippen LogP contribution in [-0.4, -0.2) is 14.8 Å². The van der Waals surface area contributed by atoms with Gasteiger partial charge in [0.1, 0.15) is 11.6 Å². The highest BCUT2D eigenvalue weighted by atomic mass is 19.1. The number of nitrogens with zero attached hydrogens (tertiary/aromatic N) is 3. The second-order valence-corrected chi connectivity index (χ2v) is 4.75. The third-order valence-corrected chi connectivity index (χ3v) is 3.42. The van der Waals surface area contributed by atoms with Gasteiger partial charge in [-0.2, -0.15) is 5.10 Å². The lowest BCUT2D eigenvalue weighted by Gasteiger charge is -2.23. The van der Waals surface area contributed by atoms with E-state index < -0.39 is 0 Å². The van der Waals surface area contributed by atoms with Crippen LogP contribution in [0.15, 0.2) is 24.3 Å². The maximum atomic E-state index is 13.7. The summed E-state index contributed by atoms with van der Waals surface area (Å²) in [6.45, 7) is 2.08. The monoisotopic (exact) mass is 246 g/mol. The van der Waals surface area contributed by atoms with Gasteiger partial charge in [0.15, 0.2) is 5.82 Å². The molecule has 5 heteroatoms. The molecule has 2 N–H and O–H groups in total. The summed E-state index contributed by atoms with van der Waals surface area (Å²) in [6, 6.07) is 6.71. The molecule has 0 fully saturated rings. The molecule has 0 saturated carbocycles. The lowest BCUT2D eigenvalue weighted by molar-refractivity contribution is 0.350. The minimum Gasteiger partial charge on any atom is -0.321 e. The second-order valence-electron chi connectivity index (χ2n) is 4.75. The van der Waals surface area contributed by atoms with Crippen LogP contribution in [-0.2, 0) is 0 Å². The highest BCUT2D eigenvalue weighted by molar-refractivity contribution is 5.55. The smallest absolute Gasteiger partial charge is 0.184 e. The Balaban J connectivity index is 2.11. The van der Waals surface area contributed by atoms with E-state index in [0.29, 0.717) is 11.4 Å². The molecule has 94 valence electrons. The molecular weight excluding hydrogens is 231 g/mol. The van der Waals surface area contributed by atoms with Crippen LogP contribution in [0.5, 0.6) is 0 Å². The van der Waals surface area contributed by atoms with Crippen LogP contribution in [0.1, 0.15) is 37.7 Å². The van der Waals surface area contributed by atoms with Gasteiger partial charge in [0.25, 0.3) is 0 Å². The topological polar surface area (TPSA) is 56.7 Å². The third-order valence-electron chi connectivity index (χ3n) is 3.42. The van der Waals surface area contributed by atoms with Crippen molar-refractivity contribution in [2.75, 3.05) is 0 Å².